The van der Waals surface area contributed by atoms with E-state index in [1.54, 1.807) is 12.1 Å². The molecule has 0 atom stereocenters. The summed E-state index contributed by atoms with van der Waals surface area (Å²) in [5.74, 6) is -0.269. The van der Waals surface area contributed by atoms with Gasteiger partial charge in [0.25, 0.3) is 0 Å². The molecule has 1 aromatic rings. The van der Waals surface area contributed by atoms with Crippen molar-refractivity contribution in [3.05, 3.63) is 28.5 Å². The van der Waals surface area contributed by atoms with E-state index >= 15 is 0 Å². The molecule has 0 aromatic heterocycles. The highest BCUT2D eigenvalue weighted by molar-refractivity contribution is 9.10. The zero-order chi connectivity index (χ0) is 10.8. The predicted octanol–water partition coefficient (Wildman–Crippen LogP) is 2.74. The van der Waals surface area contributed by atoms with E-state index < -0.39 is 0 Å². The molecule has 0 bridgehead atoms. The molecular weight excluding hydrogens is 247 g/mol. The smallest absolute Gasteiger partial charge is 0.146 e. The predicted molar refractivity (Wildman–Crippen MR) is 60.9 cm³/mol. The van der Waals surface area contributed by atoms with E-state index in [0.29, 0.717) is 12.2 Å². The molecule has 1 rings (SSSR count). The molecular formula is C10H14BrFN2. The third kappa shape index (κ3) is 2.96. The van der Waals surface area contributed by atoms with Gasteiger partial charge in [0.1, 0.15) is 5.82 Å². The lowest BCUT2D eigenvalue weighted by molar-refractivity contribution is 0.565. The average molecular weight is 261 g/mol. The third-order valence-corrected chi connectivity index (χ3v) is 2.41. The highest BCUT2D eigenvalue weighted by Gasteiger charge is 2.16. The summed E-state index contributed by atoms with van der Waals surface area (Å²) in [5, 5.41) is 3.05. The van der Waals surface area contributed by atoms with E-state index in [1.807, 2.05) is 13.8 Å². The summed E-state index contributed by atoms with van der Waals surface area (Å²) in [6.07, 6.45) is 0. The number of anilines is 1. The largest absolute Gasteiger partial charge is 0.376 e. The van der Waals surface area contributed by atoms with Crippen LogP contribution in [0.2, 0.25) is 0 Å². The van der Waals surface area contributed by atoms with Gasteiger partial charge < -0.3 is 11.1 Å². The Morgan fingerprint density at radius 2 is 2.14 bits per heavy atom. The van der Waals surface area contributed by atoms with Crippen LogP contribution in [0.25, 0.3) is 0 Å². The van der Waals surface area contributed by atoms with Gasteiger partial charge in [0.05, 0.1) is 5.69 Å². The first-order chi connectivity index (χ1) is 6.44. The lowest BCUT2D eigenvalue weighted by Crippen LogP contribution is -2.39. The van der Waals surface area contributed by atoms with Crippen molar-refractivity contribution in [2.24, 2.45) is 5.73 Å². The monoisotopic (exact) mass is 260 g/mol. The first-order valence-corrected chi connectivity index (χ1v) is 5.17. The zero-order valence-electron chi connectivity index (χ0n) is 8.27. The summed E-state index contributed by atoms with van der Waals surface area (Å²) in [5.41, 5.74) is 5.71. The molecule has 0 aliphatic carbocycles. The van der Waals surface area contributed by atoms with Gasteiger partial charge in [-0.25, -0.2) is 4.39 Å². The summed E-state index contributed by atoms with van der Waals surface area (Å²) >= 11 is 3.29. The maximum atomic E-state index is 13.3. The molecule has 0 fully saturated rings. The fraction of sp³-hybridized carbons (Fsp3) is 0.400. The van der Waals surface area contributed by atoms with Crippen LogP contribution < -0.4 is 11.1 Å². The Hall–Kier alpha value is -0.610. The molecule has 2 nitrogen and oxygen atoms in total. The van der Waals surface area contributed by atoms with Crippen LogP contribution in [0.1, 0.15) is 13.8 Å². The Bertz CT molecular complexity index is 326. The van der Waals surface area contributed by atoms with Crippen molar-refractivity contribution < 1.29 is 4.39 Å². The summed E-state index contributed by atoms with van der Waals surface area (Å²) in [4.78, 5) is 0. The second-order valence-electron chi connectivity index (χ2n) is 3.84. The quantitative estimate of drug-likeness (QED) is 0.877. The molecule has 14 heavy (non-hydrogen) atoms. The topological polar surface area (TPSA) is 38.0 Å². The Morgan fingerprint density at radius 1 is 1.50 bits per heavy atom. The first-order valence-electron chi connectivity index (χ1n) is 4.38. The zero-order valence-corrected chi connectivity index (χ0v) is 9.86. The van der Waals surface area contributed by atoms with Gasteiger partial charge in [0.15, 0.2) is 0 Å². The number of nitrogens with two attached hydrogens (primary N) is 1. The fourth-order valence-corrected chi connectivity index (χ4v) is 1.37. The molecule has 4 heteroatoms. The van der Waals surface area contributed by atoms with Crippen LogP contribution in [0.4, 0.5) is 10.1 Å². The molecule has 0 heterocycles. The van der Waals surface area contributed by atoms with Crippen LogP contribution in [0, 0.1) is 5.82 Å². The van der Waals surface area contributed by atoms with Crippen LogP contribution >= 0.6 is 15.9 Å². The number of rotatable bonds is 3. The summed E-state index contributed by atoms with van der Waals surface area (Å²) < 4.78 is 14.2. The summed E-state index contributed by atoms with van der Waals surface area (Å²) in [6, 6.07) is 4.78. The van der Waals surface area contributed by atoms with Crippen molar-refractivity contribution in [2.45, 2.75) is 19.4 Å². The van der Waals surface area contributed by atoms with Gasteiger partial charge in [-0.1, -0.05) is 15.9 Å². The van der Waals surface area contributed by atoms with E-state index in [-0.39, 0.29) is 11.4 Å². The van der Waals surface area contributed by atoms with Gasteiger partial charge in [0.2, 0.25) is 0 Å². The molecule has 0 aliphatic heterocycles. The van der Waals surface area contributed by atoms with Crippen LogP contribution in [-0.4, -0.2) is 12.1 Å². The van der Waals surface area contributed by atoms with Crippen molar-refractivity contribution in [1.82, 2.24) is 0 Å². The number of hydrogen-bond acceptors (Lipinski definition) is 2. The van der Waals surface area contributed by atoms with Gasteiger partial charge in [-0.05, 0) is 32.0 Å². The Kier molecular flexibility index (Phi) is 3.50. The van der Waals surface area contributed by atoms with E-state index in [2.05, 4.69) is 21.2 Å². The highest BCUT2D eigenvalue weighted by Crippen LogP contribution is 2.22. The minimum Gasteiger partial charge on any atom is -0.376 e. The van der Waals surface area contributed by atoms with Gasteiger partial charge >= 0.3 is 0 Å². The maximum absolute atomic E-state index is 13.3. The molecule has 0 radical (unpaired) electrons. The van der Waals surface area contributed by atoms with E-state index in [9.17, 15) is 4.39 Å². The van der Waals surface area contributed by atoms with Gasteiger partial charge in [-0.3, -0.25) is 0 Å². The Balaban J connectivity index is 2.91. The highest BCUT2D eigenvalue weighted by atomic mass is 79.9. The Morgan fingerprint density at radius 3 is 2.71 bits per heavy atom. The molecule has 1 aromatic carbocycles. The van der Waals surface area contributed by atoms with E-state index in [1.165, 1.54) is 6.07 Å². The van der Waals surface area contributed by atoms with E-state index in [4.69, 9.17) is 5.73 Å². The summed E-state index contributed by atoms with van der Waals surface area (Å²) in [6.45, 7) is 4.29. The minimum absolute atomic E-state index is 0.269. The molecule has 78 valence electrons. The fourth-order valence-electron chi connectivity index (χ4n) is 1.01. The molecule has 0 aliphatic rings. The number of hydrogen-bond donors (Lipinski definition) is 2. The van der Waals surface area contributed by atoms with Crippen molar-refractivity contribution in [1.29, 1.82) is 0 Å². The molecule has 0 saturated carbocycles. The van der Waals surface area contributed by atoms with Crippen molar-refractivity contribution in [3.8, 4) is 0 Å². The molecule has 0 unspecified atom stereocenters. The lowest BCUT2D eigenvalue weighted by Gasteiger charge is -2.25. The number of benzene rings is 1. The van der Waals surface area contributed by atoms with Crippen LogP contribution in [0.3, 0.4) is 0 Å². The van der Waals surface area contributed by atoms with Crippen molar-refractivity contribution in [3.63, 3.8) is 0 Å². The van der Waals surface area contributed by atoms with Gasteiger partial charge in [-0.15, -0.1) is 0 Å². The van der Waals surface area contributed by atoms with Crippen molar-refractivity contribution >= 4 is 21.6 Å². The number of nitrogens with one attached hydrogen (secondary N) is 1. The van der Waals surface area contributed by atoms with Crippen molar-refractivity contribution in [2.75, 3.05) is 11.9 Å². The Labute approximate surface area is 91.8 Å². The lowest BCUT2D eigenvalue weighted by atomic mass is 10.1. The second kappa shape index (κ2) is 4.28. The third-order valence-electron chi connectivity index (χ3n) is 1.91. The number of halogens is 2. The summed E-state index contributed by atoms with van der Waals surface area (Å²) in [7, 11) is 0. The molecule has 3 N–H and O–H groups in total. The maximum Gasteiger partial charge on any atom is 0.146 e. The molecule has 0 spiro atoms. The normalized spacial score (nSPS) is 11.5. The van der Waals surface area contributed by atoms with E-state index in [0.717, 1.165) is 4.47 Å². The average Bonchev–Trinajstić information content (AvgIpc) is 2.11. The molecule has 0 saturated heterocycles. The van der Waals surface area contributed by atoms with Crippen LogP contribution in [0.15, 0.2) is 22.7 Å². The van der Waals surface area contributed by atoms with Crippen LogP contribution in [0.5, 0.6) is 0 Å². The SMILES string of the molecule is CC(C)(CN)Nc1cc(Br)ccc1F. The molecule has 0 amide bonds. The first kappa shape index (κ1) is 11.5. The van der Waals surface area contributed by atoms with Gasteiger partial charge in [-0.2, -0.15) is 0 Å². The van der Waals surface area contributed by atoms with Crippen LogP contribution in [-0.2, 0) is 0 Å². The van der Waals surface area contributed by atoms with Gasteiger partial charge in [0, 0.05) is 16.6 Å². The standard InChI is InChI=1S/C10H14BrFN2/c1-10(2,6-13)14-9-5-7(11)3-4-8(9)12/h3-5,14H,6,13H2,1-2H3. The minimum atomic E-state index is -0.304. The second-order valence-corrected chi connectivity index (χ2v) is 4.75.